The molecule has 0 amide bonds. The highest BCUT2D eigenvalue weighted by Crippen LogP contribution is 2.19. The Balaban J connectivity index is 4.31. The third-order valence-electron chi connectivity index (χ3n) is 15.6. The van der Waals surface area contributed by atoms with Gasteiger partial charge in [0.05, 0.1) is 0 Å². The molecule has 0 fully saturated rings. The number of unbranched alkanes of at least 4 members (excludes halogenated alkanes) is 45. The number of carbonyl (C=O) groups excluding carboxylic acids is 3. The van der Waals surface area contributed by atoms with E-state index >= 15 is 0 Å². The van der Waals surface area contributed by atoms with E-state index in [4.69, 9.17) is 14.2 Å². The van der Waals surface area contributed by atoms with Crippen molar-refractivity contribution < 1.29 is 28.6 Å². The van der Waals surface area contributed by atoms with Crippen LogP contribution >= 0.6 is 0 Å². The third kappa shape index (κ3) is 64.2. The van der Waals surface area contributed by atoms with Gasteiger partial charge in [-0.15, -0.1) is 0 Å². The second-order valence-corrected chi connectivity index (χ2v) is 23.4. The van der Waals surface area contributed by atoms with Crippen LogP contribution in [-0.2, 0) is 28.6 Å². The zero-order valence-corrected chi connectivity index (χ0v) is 52.5. The molecule has 0 aliphatic carbocycles. The van der Waals surface area contributed by atoms with Crippen molar-refractivity contribution in [3.8, 4) is 0 Å². The summed E-state index contributed by atoms with van der Waals surface area (Å²) >= 11 is 0. The molecule has 0 saturated heterocycles. The van der Waals surface area contributed by atoms with Crippen molar-refractivity contribution in [2.24, 2.45) is 0 Å². The number of esters is 3. The number of allylic oxidation sites excluding steroid dienone is 8. The molecule has 0 radical (unpaired) electrons. The van der Waals surface area contributed by atoms with Gasteiger partial charge < -0.3 is 14.2 Å². The first-order valence-corrected chi connectivity index (χ1v) is 34.6. The van der Waals surface area contributed by atoms with E-state index in [0.717, 1.165) is 96.3 Å². The van der Waals surface area contributed by atoms with E-state index in [1.807, 2.05) is 0 Å². The van der Waals surface area contributed by atoms with Crippen LogP contribution < -0.4 is 0 Å². The van der Waals surface area contributed by atoms with Gasteiger partial charge in [0.25, 0.3) is 0 Å². The Bertz CT molecular complexity index is 1350. The van der Waals surface area contributed by atoms with E-state index in [2.05, 4.69) is 69.4 Å². The fourth-order valence-electron chi connectivity index (χ4n) is 10.4. The van der Waals surface area contributed by atoms with E-state index in [-0.39, 0.29) is 31.1 Å². The molecule has 6 nitrogen and oxygen atoms in total. The van der Waals surface area contributed by atoms with Gasteiger partial charge >= 0.3 is 17.9 Å². The number of hydrogen-bond acceptors (Lipinski definition) is 6. The van der Waals surface area contributed by atoms with Crippen molar-refractivity contribution in [3.05, 3.63) is 48.6 Å². The van der Waals surface area contributed by atoms with Gasteiger partial charge in [-0.05, 0) is 57.8 Å². The highest BCUT2D eigenvalue weighted by Gasteiger charge is 2.19. The van der Waals surface area contributed by atoms with Gasteiger partial charge in [-0.2, -0.15) is 0 Å². The van der Waals surface area contributed by atoms with Crippen LogP contribution in [0.25, 0.3) is 0 Å². The Hall–Kier alpha value is -2.63. The summed E-state index contributed by atoms with van der Waals surface area (Å²) in [6, 6.07) is 0. The first kappa shape index (κ1) is 75.4. The van der Waals surface area contributed by atoms with Crippen LogP contribution in [0.15, 0.2) is 48.6 Å². The molecule has 0 saturated carbocycles. The highest BCUT2D eigenvalue weighted by atomic mass is 16.6. The Kier molecular flexibility index (Phi) is 64.6. The molecule has 456 valence electrons. The van der Waals surface area contributed by atoms with E-state index in [9.17, 15) is 14.4 Å². The second kappa shape index (κ2) is 66.9. The van der Waals surface area contributed by atoms with Crippen LogP contribution in [0.2, 0.25) is 0 Å². The monoisotopic (exact) mass is 1090 g/mol. The predicted molar refractivity (Wildman–Crippen MR) is 339 cm³/mol. The summed E-state index contributed by atoms with van der Waals surface area (Å²) in [5, 5.41) is 0. The summed E-state index contributed by atoms with van der Waals surface area (Å²) in [6.07, 6.45) is 84.2. The SMILES string of the molecule is CC/C=C\C/C=C\C/C=C\C/C=C\CCCCCCC(=O)OCC(COC(=O)CCCCCCCCCCCCCCCCCCCCCCCCCC)OC(=O)CCCCCCCCCCCCCCCCCCCCC. The summed E-state index contributed by atoms with van der Waals surface area (Å²) in [6.45, 7) is 6.58. The average Bonchev–Trinajstić information content (AvgIpc) is 3.44. The highest BCUT2D eigenvalue weighted by molar-refractivity contribution is 5.71. The summed E-state index contributed by atoms with van der Waals surface area (Å²) in [4.78, 5) is 38.4. The standard InChI is InChI=1S/C72H132O6/c1-4-7-10-13-16-19-22-25-28-31-33-34-35-36-37-39-41-44-47-50-53-56-59-62-65-71(74)77-68-69(67-76-70(73)64-61-58-55-52-49-46-43-40-30-27-24-21-18-15-12-9-6-3)78-72(75)66-63-60-57-54-51-48-45-42-38-32-29-26-23-20-17-14-11-8-5-2/h9,12,18,21,27,30,43,46,69H,4-8,10-11,13-17,19-20,22-26,28-29,31-42,44-45,47-68H2,1-3H3/b12-9-,21-18-,30-27-,46-43-. The quantitative estimate of drug-likeness (QED) is 0.0261. The summed E-state index contributed by atoms with van der Waals surface area (Å²) in [5.41, 5.74) is 0. The van der Waals surface area contributed by atoms with Gasteiger partial charge in [-0.3, -0.25) is 14.4 Å². The van der Waals surface area contributed by atoms with Gasteiger partial charge in [-0.1, -0.05) is 345 Å². The minimum absolute atomic E-state index is 0.0756. The van der Waals surface area contributed by atoms with Gasteiger partial charge in [0.1, 0.15) is 13.2 Å². The van der Waals surface area contributed by atoms with E-state index in [1.54, 1.807) is 0 Å². The molecule has 0 aromatic carbocycles. The lowest BCUT2D eigenvalue weighted by Crippen LogP contribution is -2.30. The normalized spacial score (nSPS) is 12.3. The predicted octanol–water partition coefficient (Wildman–Crippen LogP) is 23.7. The van der Waals surface area contributed by atoms with Gasteiger partial charge in [0.15, 0.2) is 6.10 Å². The van der Waals surface area contributed by atoms with Crippen molar-refractivity contribution in [1.82, 2.24) is 0 Å². The molecule has 78 heavy (non-hydrogen) atoms. The molecule has 0 rings (SSSR count). The third-order valence-corrected chi connectivity index (χ3v) is 15.6. The van der Waals surface area contributed by atoms with E-state index < -0.39 is 6.10 Å². The number of rotatable bonds is 64. The fraction of sp³-hybridized carbons (Fsp3) is 0.847. The zero-order chi connectivity index (χ0) is 56.4. The summed E-state index contributed by atoms with van der Waals surface area (Å²) in [5.74, 6) is -0.872. The topological polar surface area (TPSA) is 78.9 Å². The van der Waals surface area contributed by atoms with Crippen LogP contribution in [0, 0.1) is 0 Å². The number of carbonyl (C=O) groups is 3. The smallest absolute Gasteiger partial charge is 0.306 e. The molecule has 6 heteroatoms. The first-order valence-electron chi connectivity index (χ1n) is 34.6. The van der Waals surface area contributed by atoms with Crippen LogP contribution in [0.3, 0.4) is 0 Å². The van der Waals surface area contributed by atoms with E-state index in [0.29, 0.717) is 19.3 Å². The Morgan fingerprint density at radius 1 is 0.269 bits per heavy atom. The minimum Gasteiger partial charge on any atom is -0.462 e. The Morgan fingerprint density at radius 3 is 0.782 bits per heavy atom. The fourth-order valence-corrected chi connectivity index (χ4v) is 10.4. The number of hydrogen-bond donors (Lipinski definition) is 0. The molecule has 0 spiro atoms. The van der Waals surface area contributed by atoms with E-state index in [1.165, 1.54) is 238 Å². The molecule has 0 aliphatic heterocycles. The molecule has 0 aromatic rings. The van der Waals surface area contributed by atoms with Gasteiger partial charge in [0, 0.05) is 19.3 Å². The molecule has 0 aliphatic rings. The van der Waals surface area contributed by atoms with Crippen LogP contribution in [0.4, 0.5) is 0 Å². The van der Waals surface area contributed by atoms with Crippen molar-refractivity contribution in [2.75, 3.05) is 13.2 Å². The summed E-state index contributed by atoms with van der Waals surface area (Å²) in [7, 11) is 0. The van der Waals surface area contributed by atoms with Crippen molar-refractivity contribution >= 4 is 17.9 Å². The molecule has 1 unspecified atom stereocenters. The lowest BCUT2D eigenvalue weighted by Gasteiger charge is -2.18. The number of ether oxygens (including phenoxy) is 3. The maximum atomic E-state index is 12.9. The van der Waals surface area contributed by atoms with Crippen LogP contribution in [0.1, 0.15) is 374 Å². The lowest BCUT2D eigenvalue weighted by atomic mass is 10.0. The maximum Gasteiger partial charge on any atom is 0.306 e. The zero-order valence-electron chi connectivity index (χ0n) is 52.5. The van der Waals surface area contributed by atoms with Gasteiger partial charge in [0.2, 0.25) is 0 Å². The molecule has 0 bridgehead atoms. The van der Waals surface area contributed by atoms with Crippen LogP contribution in [-0.4, -0.2) is 37.2 Å². The molecule has 0 heterocycles. The van der Waals surface area contributed by atoms with Crippen molar-refractivity contribution in [1.29, 1.82) is 0 Å². The molecule has 0 N–H and O–H groups in total. The lowest BCUT2D eigenvalue weighted by molar-refractivity contribution is -0.167. The maximum absolute atomic E-state index is 12.9. The van der Waals surface area contributed by atoms with Gasteiger partial charge in [-0.25, -0.2) is 0 Å². The summed E-state index contributed by atoms with van der Waals surface area (Å²) < 4.78 is 17.0. The molecular formula is C72H132O6. The first-order chi connectivity index (χ1) is 38.5. The minimum atomic E-state index is -0.781. The second-order valence-electron chi connectivity index (χ2n) is 23.4. The Morgan fingerprint density at radius 2 is 0.500 bits per heavy atom. The largest absolute Gasteiger partial charge is 0.462 e. The molecular weight excluding hydrogens is 961 g/mol. The van der Waals surface area contributed by atoms with Crippen molar-refractivity contribution in [3.63, 3.8) is 0 Å². The molecule has 0 aromatic heterocycles. The average molecular weight is 1090 g/mol. The Labute approximate surface area is 486 Å². The van der Waals surface area contributed by atoms with Crippen molar-refractivity contribution in [2.45, 2.75) is 380 Å². The van der Waals surface area contributed by atoms with Crippen LogP contribution in [0.5, 0.6) is 0 Å². The molecule has 1 atom stereocenters.